The molecule has 0 fully saturated rings. The number of carbonyl (C=O) groups excluding carboxylic acids is 1. The van der Waals surface area contributed by atoms with E-state index in [1.807, 2.05) is 0 Å². The Morgan fingerprint density at radius 2 is 0.889 bits per heavy atom. The van der Waals surface area contributed by atoms with Crippen molar-refractivity contribution in [3.8, 4) is 0 Å². The fourth-order valence-corrected chi connectivity index (χ4v) is 7.68. The number of aliphatic hydroxyl groups is 3. The molecule has 7 nitrogen and oxygen atoms in total. The second kappa shape index (κ2) is 41.9. The summed E-state index contributed by atoms with van der Waals surface area (Å²) < 4.78 is 11.8. The van der Waals surface area contributed by atoms with Gasteiger partial charge in [0.25, 0.3) is 0 Å². The summed E-state index contributed by atoms with van der Waals surface area (Å²) in [5.74, 6) is 0.347. The van der Waals surface area contributed by atoms with Crippen molar-refractivity contribution in [1.82, 2.24) is 4.90 Å². The Hall–Kier alpha value is -0.730. The Bertz CT molecular complexity index is 754. The van der Waals surface area contributed by atoms with Gasteiger partial charge >= 0.3 is 5.97 Å². The molecule has 0 aliphatic heterocycles. The third-order valence-electron chi connectivity index (χ3n) is 11.4. The van der Waals surface area contributed by atoms with Crippen LogP contribution in [0.1, 0.15) is 233 Å². The van der Waals surface area contributed by atoms with Crippen molar-refractivity contribution >= 4 is 5.97 Å². The smallest absolute Gasteiger partial charge is 0.308 e. The summed E-state index contributed by atoms with van der Waals surface area (Å²) in [6, 6.07) is 0. The van der Waals surface area contributed by atoms with E-state index in [0.29, 0.717) is 19.8 Å². The first-order chi connectivity index (χ1) is 26.4. The number of aliphatic hydroxyl groups excluding tert-OH is 3. The lowest BCUT2D eigenvalue weighted by molar-refractivity contribution is -0.149. The van der Waals surface area contributed by atoms with E-state index >= 15 is 0 Å². The van der Waals surface area contributed by atoms with Crippen molar-refractivity contribution < 1.29 is 29.6 Å². The molecule has 0 spiro atoms. The van der Waals surface area contributed by atoms with Crippen LogP contribution in [-0.2, 0) is 14.3 Å². The van der Waals surface area contributed by atoms with E-state index < -0.39 is 12.4 Å². The first-order valence-corrected chi connectivity index (χ1v) is 23.9. The molecule has 0 rings (SSSR count). The molecule has 0 bridgehead atoms. The van der Waals surface area contributed by atoms with Gasteiger partial charge in [-0.3, -0.25) is 4.79 Å². The van der Waals surface area contributed by atoms with Gasteiger partial charge in [0, 0.05) is 19.1 Å². The average molecular weight is 770 g/mol. The number of hydrogen-bond acceptors (Lipinski definition) is 7. The molecule has 4 atom stereocenters. The van der Waals surface area contributed by atoms with Crippen molar-refractivity contribution in [1.29, 1.82) is 0 Å². The number of ether oxygens (including phenoxy) is 2. The first kappa shape index (κ1) is 53.3. The molecule has 3 N–H and O–H groups in total. The quantitative estimate of drug-likeness (QED) is 0.0322. The van der Waals surface area contributed by atoms with Gasteiger partial charge in [0.15, 0.2) is 6.29 Å². The van der Waals surface area contributed by atoms with Gasteiger partial charge < -0.3 is 29.7 Å². The zero-order chi connectivity index (χ0) is 39.7. The number of nitrogens with zero attached hydrogens (tertiary/aromatic N) is 1. The van der Waals surface area contributed by atoms with Crippen molar-refractivity contribution in [2.24, 2.45) is 11.8 Å². The molecule has 0 aromatic rings. The van der Waals surface area contributed by atoms with Crippen LogP contribution in [0.3, 0.4) is 0 Å². The highest BCUT2D eigenvalue weighted by molar-refractivity contribution is 5.72. The molecule has 54 heavy (non-hydrogen) atoms. The van der Waals surface area contributed by atoms with Crippen LogP contribution in [0.5, 0.6) is 0 Å². The van der Waals surface area contributed by atoms with E-state index in [2.05, 4.69) is 32.6 Å². The van der Waals surface area contributed by atoms with E-state index in [9.17, 15) is 20.1 Å². The van der Waals surface area contributed by atoms with Gasteiger partial charge in [0.05, 0.1) is 25.2 Å². The second-order valence-corrected chi connectivity index (χ2v) is 16.7. The maximum absolute atomic E-state index is 13.0. The van der Waals surface area contributed by atoms with Gasteiger partial charge in [-0.25, -0.2) is 0 Å². The maximum atomic E-state index is 13.0. The fraction of sp³-hybridized carbons (Fsp3) is 0.979. The molecule has 0 amide bonds. The molecule has 0 aliphatic rings. The normalized spacial score (nSPS) is 14.1. The van der Waals surface area contributed by atoms with Crippen LogP contribution in [0.4, 0.5) is 0 Å². The standard InChI is InChI=1S/C47H95NO6/c1-5-9-13-17-19-27-35-43(33-25-15-11-7-3)46(51)53-39-31-23-21-29-37-48(41-45(50)42-49)38-30-22-24-32-40-54-47(52)44(34-26-16-12-8-4)36-28-20-18-14-10-6-2/h43-46,49-51H,5-42H2,1-4H3/t43?,44?,45-,46?/m0/s1. The number of unbranched alkanes of at least 4 members (excludes halogenated alkanes) is 22. The summed E-state index contributed by atoms with van der Waals surface area (Å²) in [5, 5.41) is 30.5. The predicted molar refractivity (Wildman–Crippen MR) is 230 cm³/mol. The minimum atomic E-state index is -0.711. The average Bonchev–Trinajstić information content (AvgIpc) is 3.17. The van der Waals surface area contributed by atoms with Crippen molar-refractivity contribution in [3.63, 3.8) is 0 Å². The molecular weight excluding hydrogens is 675 g/mol. The van der Waals surface area contributed by atoms with Crippen LogP contribution in [0, 0.1) is 11.8 Å². The summed E-state index contributed by atoms with van der Waals surface area (Å²) in [7, 11) is 0. The van der Waals surface area contributed by atoms with E-state index in [4.69, 9.17) is 9.47 Å². The molecule has 3 unspecified atom stereocenters. The van der Waals surface area contributed by atoms with Crippen molar-refractivity contribution in [2.75, 3.05) is 39.5 Å². The molecule has 0 aromatic carbocycles. The Balaban J connectivity index is 4.38. The molecule has 0 saturated heterocycles. The highest BCUT2D eigenvalue weighted by Gasteiger charge is 2.20. The maximum Gasteiger partial charge on any atom is 0.308 e. The Morgan fingerprint density at radius 3 is 1.37 bits per heavy atom. The Labute approximate surface area is 336 Å². The minimum absolute atomic E-state index is 0.0254. The van der Waals surface area contributed by atoms with Crippen LogP contribution < -0.4 is 0 Å². The Morgan fingerprint density at radius 1 is 0.500 bits per heavy atom. The minimum Gasteiger partial charge on any atom is -0.465 e. The summed E-state index contributed by atoms with van der Waals surface area (Å²) in [6.07, 6.45) is 35.9. The van der Waals surface area contributed by atoms with E-state index in [1.165, 1.54) is 116 Å². The van der Waals surface area contributed by atoms with Gasteiger partial charge in [-0.05, 0) is 64.5 Å². The van der Waals surface area contributed by atoms with Crippen LogP contribution in [0.15, 0.2) is 0 Å². The summed E-state index contributed by atoms with van der Waals surface area (Å²) >= 11 is 0. The monoisotopic (exact) mass is 770 g/mol. The largest absolute Gasteiger partial charge is 0.465 e. The molecular formula is C47H95NO6. The highest BCUT2D eigenvalue weighted by Crippen LogP contribution is 2.24. The molecule has 0 aromatic heterocycles. The summed E-state index contributed by atoms with van der Waals surface area (Å²) in [6.45, 7) is 12.2. The van der Waals surface area contributed by atoms with Gasteiger partial charge in [-0.15, -0.1) is 0 Å². The molecule has 0 heterocycles. The van der Waals surface area contributed by atoms with Gasteiger partial charge in [-0.1, -0.05) is 182 Å². The third-order valence-corrected chi connectivity index (χ3v) is 11.4. The van der Waals surface area contributed by atoms with Crippen molar-refractivity contribution in [2.45, 2.75) is 246 Å². The van der Waals surface area contributed by atoms with Gasteiger partial charge in [0.1, 0.15) is 0 Å². The topological polar surface area (TPSA) is 99.5 Å². The van der Waals surface area contributed by atoms with E-state index in [1.54, 1.807) is 0 Å². The number of rotatable bonds is 44. The highest BCUT2D eigenvalue weighted by atomic mass is 16.6. The number of esters is 1. The number of hydrogen-bond donors (Lipinski definition) is 3. The van der Waals surface area contributed by atoms with E-state index in [0.717, 1.165) is 103 Å². The van der Waals surface area contributed by atoms with E-state index in [-0.39, 0.29) is 24.4 Å². The Kier molecular flexibility index (Phi) is 41.3. The number of carbonyl (C=O) groups is 1. The van der Waals surface area contributed by atoms with Gasteiger partial charge in [-0.2, -0.15) is 0 Å². The first-order valence-electron chi connectivity index (χ1n) is 23.9. The lowest BCUT2D eigenvalue weighted by Gasteiger charge is -2.24. The zero-order valence-electron chi connectivity index (χ0n) is 36.7. The lowest BCUT2D eigenvalue weighted by atomic mass is 9.93. The van der Waals surface area contributed by atoms with Crippen molar-refractivity contribution in [3.05, 3.63) is 0 Å². The van der Waals surface area contributed by atoms with Crippen LogP contribution in [0.2, 0.25) is 0 Å². The van der Waals surface area contributed by atoms with Crippen LogP contribution in [0.25, 0.3) is 0 Å². The summed E-state index contributed by atoms with van der Waals surface area (Å²) in [4.78, 5) is 15.2. The zero-order valence-corrected chi connectivity index (χ0v) is 36.7. The fourth-order valence-electron chi connectivity index (χ4n) is 7.68. The molecule has 0 radical (unpaired) electrons. The van der Waals surface area contributed by atoms with Crippen LogP contribution >= 0.6 is 0 Å². The van der Waals surface area contributed by atoms with Gasteiger partial charge in [0.2, 0.25) is 0 Å². The second-order valence-electron chi connectivity index (χ2n) is 16.7. The predicted octanol–water partition coefficient (Wildman–Crippen LogP) is 12.3. The molecule has 0 saturated carbocycles. The molecule has 7 heteroatoms. The molecule has 0 aliphatic carbocycles. The summed E-state index contributed by atoms with van der Waals surface area (Å²) in [5.41, 5.74) is 0. The molecule has 324 valence electrons. The third kappa shape index (κ3) is 34.5. The lowest BCUT2D eigenvalue weighted by Crippen LogP contribution is -2.35. The SMILES string of the molecule is CCCCCCCCC(CCCCCC)C(=O)OCCCCCCN(CCCCCCOC(O)C(CCCCCC)CCCCCCCC)C[C@H](O)CO. The van der Waals surface area contributed by atoms with Crippen LogP contribution in [-0.4, -0.2) is 78.0 Å².